The highest BCUT2D eigenvalue weighted by Crippen LogP contribution is 2.13. The molecule has 0 aromatic heterocycles. The van der Waals surface area contributed by atoms with Crippen molar-refractivity contribution in [1.82, 2.24) is 10.6 Å². The maximum Gasteiger partial charge on any atom is 0.315 e. The predicted molar refractivity (Wildman–Crippen MR) is 84.8 cm³/mol. The quantitative estimate of drug-likeness (QED) is 0.713. The van der Waals surface area contributed by atoms with Crippen LogP contribution < -0.4 is 10.6 Å². The van der Waals surface area contributed by atoms with Crippen LogP contribution in [0.4, 0.5) is 4.79 Å². The van der Waals surface area contributed by atoms with Crippen LogP contribution in [0.25, 0.3) is 0 Å². The first kappa shape index (κ1) is 17.0. The Hall–Kier alpha value is -1.07. The van der Waals surface area contributed by atoms with Gasteiger partial charge in [-0.2, -0.15) is 0 Å². The van der Waals surface area contributed by atoms with E-state index in [1.54, 1.807) is 0 Å². The molecule has 0 aliphatic rings. The first-order valence-corrected chi connectivity index (χ1v) is 7.76. The molecule has 1 aromatic carbocycles. The number of aliphatic hydroxyl groups excluding tert-OH is 1. The van der Waals surface area contributed by atoms with Crippen LogP contribution in [0.2, 0.25) is 0 Å². The number of benzene rings is 1. The molecule has 2 unspecified atom stereocenters. The van der Waals surface area contributed by atoms with Gasteiger partial charge >= 0.3 is 6.03 Å². The van der Waals surface area contributed by atoms with E-state index >= 15 is 0 Å². The zero-order valence-electron chi connectivity index (χ0n) is 12.0. The lowest BCUT2D eigenvalue weighted by molar-refractivity contribution is 0.225. The molecule has 1 rings (SSSR count). The maximum absolute atomic E-state index is 11.8. The number of aliphatic hydroxyl groups is 1. The molecular formula is C15H23BrN2O2. The van der Waals surface area contributed by atoms with Crippen molar-refractivity contribution in [1.29, 1.82) is 0 Å². The molecule has 4 nitrogen and oxygen atoms in total. The Labute approximate surface area is 129 Å². The summed E-state index contributed by atoms with van der Waals surface area (Å²) in [5.41, 5.74) is 1.18. The summed E-state index contributed by atoms with van der Waals surface area (Å²) < 4.78 is 1.04. The van der Waals surface area contributed by atoms with Gasteiger partial charge < -0.3 is 15.7 Å². The second-order valence-electron chi connectivity index (χ2n) is 4.97. The molecule has 5 heteroatoms. The van der Waals surface area contributed by atoms with Crippen molar-refractivity contribution in [2.24, 2.45) is 0 Å². The number of hydrogen-bond acceptors (Lipinski definition) is 2. The Balaban J connectivity index is 2.41. The molecule has 0 bridgehead atoms. The summed E-state index contributed by atoms with van der Waals surface area (Å²) in [5.74, 6) is 0. The third kappa shape index (κ3) is 6.39. The number of urea groups is 1. The number of carbonyl (C=O) groups excluding carboxylic acids is 1. The van der Waals surface area contributed by atoms with Crippen molar-refractivity contribution in [3.63, 3.8) is 0 Å². The fraction of sp³-hybridized carbons (Fsp3) is 0.533. The van der Waals surface area contributed by atoms with Crippen LogP contribution in [0.5, 0.6) is 0 Å². The SMILES string of the molecule is CCC(CCO)NC(=O)NC(C)Cc1cccc(Br)c1. The molecular weight excluding hydrogens is 320 g/mol. The molecule has 0 saturated heterocycles. The zero-order valence-corrected chi connectivity index (χ0v) is 13.6. The van der Waals surface area contributed by atoms with Gasteiger partial charge in [0.1, 0.15) is 0 Å². The summed E-state index contributed by atoms with van der Waals surface area (Å²) in [6, 6.07) is 7.97. The van der Waals surface area contributed by atoms with Gasteiger partial charge in [0.2, 0.25) is 0 Å². The molecule has 112 valence electrons. The van der Waals surface area contributed by atoms with Crippen molar-refractivity contribution >= 4 is 22.0 Å². The van der Waals surface area contributed by atoms with E-state index in [9.17, 15) is 4.79 Å². The van der Waals surface area contributed by atoms with Gasteiger partial charge in [-0.05, 0) is 43.9 Å². The average Bonchev–Trinajstić information content (AvgIpc) is 2.37. The molecule has 0 fully saturated rings. The van der Waals surface area contributed by atoms with Crippen molar-refractivity contribution in [2.45, 2.75) is 45.2 Å². The smallest absolute Gasteiger partial charge is 0.315 e. The minimum absolute atomic E-state index is 0.0260. The van der Waals surface area contributed by atoms with Gasteiger partial charge in [0, 0.05) is 23.2 Å². The normalized spacial score (nSPS) is 13.6. The summed E-state index contributed by atoms with van der Waals surface area (Å²) in [4.78, 5) is 11.8. The molecule has 0 saturated carbocycles. The Morgan fingerprint density at radius 2 is 2.15 bits per heavy atom. The molecule has 0 radical (unpaired) electrons. The average molecular weight is 343 g/mol. The first-order chi connectivity index (χ1) is 9.55. The summed E-state index contributed by atoms with van der Waals surface area (Å²) >= 11 is 3.44. The minimum atomic E-state index is -0.173. The zero-order chi connectivity index (χ0) is 15.0. The minimum Gasteiger partial charge on any atom is -0.396 e. The molecule has 0 heterocycles. The van der Waals surface area contributed by atoms with Crippen LogP contribution in [0.3, 0.4) is 0 Å². The summed E-state index contributed by atoms with van der Waals surface area (Å²) in [7, 11) is 0. The summed E-state index contributed by atoms with van der Waals surface area (Å²) in [6.45, 7) is 4.06. The molecule has 2 atom stereocenters. The lowest BCUT2D eigenvalue weighted by atomic mass is 10.1. The lowest BCUT2D eigenvalue weighted by Gasteiger charge is -2.19. The number of hydrogen-bond donors (Lipinski definition) is 3. The maximum atomic E-state index is 11.8. The largest absolute Gasteiger partial charge is 0.396 e. The number of nitrogens with one attached hydrogen (secondary N) is 2. The van der Waals surface area contributed by atoms with Crippen LogP contribution in [0.15, 0.2) is 28.7 Å². The van der Waals surface area contributed by atoms with Crippen molar-refractivity contribution < 1.29 is 9.90 Å². The van der Waals surface area contributed by atoms with Crippen molar-refractivity contribution in [3.8, 4) is 0 Å². The second-order valence-corrected chi connectivity index (χ2v) is 5.89. The third-order valence-corrected chi connectivity index (χ3v) is 3.61. The van der Waals surface area contributed by atoms with E-state index in [1.165, 1.54) is 5.56 Å². The molecule has 1 aromatic rings. The van der Waals surface area contributed by atoms with E-state index in [2.05, 4.69) is 32.6 Å². The van der Waals surface area contributed by atoms with Crippen molar-refractivity contribution in [2.75, 3.05) is 6.61 Å². The van der Waals surface area contributed by atoms with E-state index in [1.807, 2.05) is 32.0 Å². The molecule has 20 heavy (non-hydrogen) atoms. The Morgan fingerprint density at radius 1 is 1.40 bits per heavy atom. The van der Waals surface area contributed by atoms with Gasteiger partial charge in [-0.3, -0.25) is 0 Å². The fourth-order valence-corrected chi connectivity index (χ4v) is 2.50. The predicted octanol–water partition coefficient (Wildman–Crippen LogP) is 2.84. The number of carbonyl (C=O) groups is 1. The van der Waals surface area contributed by atoms with Gasteiger partial charge in [0.05, 0.1) is 0 Å². The van der Waals surface area contributed by atoms with E-state index in [4.69, 9.17) is 5.11 Å². The lowest BCUT2D eigenvalue weighted by Crippen LogP contribution is -2.46. The molecule has 0 aliphatic carbocycles. The van der Waals surface area contributed by atoms with Crippen LogP contribution in [-0.4, -0.2) is 29.8 Å². The highest BCUT2D eigenvalue weighted by atomic mass is 79.9. The number of rotatable bonds is 7. The van der Waals surface area contributed by atoms with E-state index in [0.717, 1.165) is 17.3 Å². The van der Waals surface area contributed by atoms with Crippen LogP contribution in [0.1, 0.15) is 32.3 Å². The second kappa shape index (κ2) is 8.97. The van der Waals surface area contributed by atoms with Gasteiger partial charge in [-0.25, -0.2) is 4.79 Å². The van der Waals surface area contributed by atoms with Gasteiger partial charge in [0.15, 0.2) is 0 Å². The highest BCUT2D eigenvalue weighted by Gasteiger charge is 2.12. The van der Waals surface area contributed by atoms with E-state index < -0.39 is 0 Å². The van der Waals surface area contributed by atoms with Crippen molar-refractivity contribution in [3.05, 3.63) is 34.3 Å². The molecule has 0 aliphatic heterocycles. The topological polar surface area (TPSA) is 61.4 Å². The van der Waals surface area contributed by atoms with Crippen LogP contribution >= 0.6 is 15.9 Å². The van der Waals surface area contributed by atoms with E-state index in [0.29, 0.717) is 6.42 Å². The highest BCUT2D eigenvalue weighted by molar-refractivity contribution is 9.10. The van der Waals surface area contributed by atoms with Gasteiger partial charge in [0.25, 0.3) is 0 Å². The summed E-state index contributed by atoms with van der Waals surface area (Å²) in [6.07, 6.45) is 2.18. The number of amides is 2. The Morgan fingerprint density at radius 3 is 2.75 bits per heavy atom. The van der Waals surface area contributed by atoms with Crippen LogP contribution in [0, 0.1) is 0 Å². The first-order valence-electron chi connectivity index (χ1n) is 6.97. The molecule has 3 N–H and O–H groups in total. The summed E-state index contributed by atoms with van der Waals surface area (Å²) in [5, 5.41) is 14.7. The Bertz CT molecular complexity index is 426. The fourth-order valence-electron chi connectivity index (χ4n) is 2.05. The van der Waals surface area contributed by atoms with E-state index in [-0.39, 0.29) is 24.7 Å². The van der Waals surface area contributed by atoms with Gasteiger partial charge in [-0.15, -0.1) is 0 Å². The van der Waals surface area contributed by atoms with Crippen LogP contribution in [-0.2, 0) is 6.42 Å². The Kier molecular flexibility index (Phi) is 7.62. The number of halogens is 1. The monoisotopic (exact) mass is 342 g/mol. The molecule has 2 amide bonds. The standard InChI is InChI=1S/C15H23BrN2O2/c1-3-14(7-8-19)18-15(20)17-11(2)9-12-5-4-6-13(16)10-12/h4-6,10-11,14,19H,3,7-9H2,1-2H3,(H2,17,18,20). The molecule has 0 spiro atoms. The van der Waals surface area contributed by atoms with Gasteiger partial charge in [-0.1, -0.05) is 35.0 Å². The third-order valence-electron chi connectivity index (χ3n) is 3.11.